The summed E-state index contributed by atoms with van der Waals surface area (Å²) in [7, 11) is 0. The summed E-state index contributed by atoms with van der Waals surface area (Å²) in [5.74, 6) is 0.830. The molecule has 17 heavy (non-hydrogen) atoms. The zero-order valence-corrected chi connectivity index (χ0v) is 10.9. The highest BCUT2D eigenvalue weighted by atomic mass is 16.5. The Bertz CT molecular complexity index is 436. The Morgan fingerprint density at radius 1 is 1.41 bits per heavy atom. The number of carbonyl (C=O) groups excluding carboxylic acids is 1. The van der Waals surface area contributed by atoms with Crippen molar-refractivity contribution in [1.29, 1.82) is 0 Å². The molecule has 0 aliphatic carbocycles. The van der Waals surface area contributed by atoms with Crippen LogP contribution in [0.5, 0.6) is 5.75 Å². The predicted octanol–water partition coefficient (Wildman–Crippen LogP) is 3.20. The van der Waals surface area contributed by atoms with Crippen LogP contribution < -0.4 is 4.74 Å². The number of hydrogen-bond donors (Lipinski definition) is 0. The molecule has 0 saturated heterocycles. The van der Waals surface area contributed by atoms with E-state index in [1.165, 1.54) is 0 Å². The van der Waals surface area contributed by atoms with Crippen LogP contribution in [0, 0.1) is 13.8 Å². The molecule has 92 valence electrons. The van der Waals surface area contributed by atoms with Crippen LogP contribution in [0.3, 0.4) is 0 Å². The number of rotatable bonds is 5. The monoisotopic (exact) mass is 233 g/mol. The van der Waals surface area contributed by atoms with Crippen LogP contribution in [0.1, 0.15) is 47.1 Å². The number of aromatic nitrogens is 1. The number of aldehydes is 1. The van der Waals surface area contributed by atoms with Gasteiger partial charge in [0, 0.05) is 11.3 Å². The molecule has 0 bridgehead atoms. The Morgan fingerprint density at radius 3 is 2.53 bits per heavy atom. The van der Waals surface area contributed by atoms with Crippen molar-refractivity contribution in [3.8, 4) is 5.75 Å². The second-order valence-electron chi connectivity index (χ2n) is 4.32. The van der Waals surface area contributed by atoms with E-state index in [4.69, 9.17) is 4.74 Å². The fraction of sp³-hybridized carbons (Fsp3) is 0.429. The molecule has 1 heterocycles. The van der Waals surface area contributed by atoms with Crippen LogP contribution in [-0.4, -0.2) is 17.9 Å². The van der Waals surface area contributed by atoms with Gasteiger partial charge in [0.2, 0.25) is 0 Å². The second-order valence-corrected chi connectivity index (χ2v) is 4.32. The molecule has 0 aliphatic rings. The fourth-order valence-corrected chi connectivity index (χ4v) is 1.69. The lowest BCUT2D eigenvalue weighted by atomic mass is 10.0. The number of ether oxygens (including phenoxy) is 1. The highest BCUT2D eigenvalue weighted by molar-refractivity contribution is 5.82. The summed E-state index contributed by atoms with van der Waals surface area (Å²) in [6.45, 7) is 11.9. The molecule has 3 nitrogen and oxygen atoms in total. The predicted molar refractivity (Wildman–Crippen MR) is 68.9 cm³/mol. The van der Waals surface area contributed by atoms with E-state index in [0.717, 1.165) is 23.2 Å². The Balaban J connectivity index is 3.41. The number of pyridine rings is 1. The number of aryl methyl sites for hydroxylation is 1. The van der Waals surface area contributed by atoms with E-state index in [2.05, 4.69) is 11.6 Å². The first-order valence-electron chi connectivity index (χ1n) is 5.72. The van der Waals surface area contributed by atoms with E-state index in [0.29, 0.717) is 17.9 Å². The van der Waals surface area contributed by atoms with Crippen LogP contribution in [0.4, 0.5) is 0 Å². The second kappa shape index (κ2) is 5.62. The quantitative estimate of drug-likeness (QED) is 0.579. The van der Waals surface area contributed by atoms with Crippen molar-refractivity contribution >= 4 is 6.29 Å². The first-order chi connectivity index (χ1) is 8.02. The van der Waals surface area contributed by atoms with Gasteiger partial charge in [-0.25, -0.2) is 0 Å². The molecule has 0 radical (unpaired) electrons. The number of carbonyl (C=O) groups is 1. The molecule has 0 aromatic carbocycles. The van der Waals surface area contributed by atoms with Crippen LogP contribution in [-0.2, 0) is 0 Å². The molecule has 0 amide bonds. The van der Waals surface area contributed by atoms with E-state index in [1.807, 2.05) is 27.7 Å². The molecule has 1 aromatic heterocycles. The summed E-state index contributed by atoms with van der Waals surface area (Å²) in [4.78, 5) is 15.7. The maximum absolute atomic E-state index is 11.2. The van der Waals surface area contributed by atoms with Gasteiger partial charge in [0.05, 0.1) is 11.3 Å². The molecule has 0 fully saturated rings. The lowest BCUT2D eigenvalue weighted by molar-refractivity contribution is 0.111. The number of hydrogen-bond acceptors (Lipinski definition) is 3. The standard InChI is InChI=1S/C14H19NO2/c1-6-7-17-14-10(4)11(5)15-13(9(2)3)12(14)8-16/h6,8-9H,1,7H2,2-5H3. The van der Waals surface area contributed by atoms with E-state index < -0.39 is 0 Å². The zero-order chi connectivity index (χ0) is 13.0. The van der Waals surface area contributed by atoms with Crippen molar-refractivity contribution < 1.29 is 9.53 Å². The van der Waals surface area contributed by atoms with Crippen LogP contribution in [0.25, 0.3) is 0 Å². The average molecular weight is 233 g/mol. The maximum Gasteiger partial charge on any atom is 0.155 e. The van der Waals surface area contributed by atoms with Gasteiger partial charge in [-0.15, -0.1) is 0 Å². The Labute approximate surface area is 103 Å². The van der Waals surface area contributed by atoms with Crippen LogP contribution in [0.15, 0.2) is 12.7 Å². The summed E-state index contributed by atoms with van der Waals surface area (Å²) in [6, 6.07) is 0. The summed E-state index contributed by atoms with van der Waals surface area (Å²) < 4.78 is 5.59. The van der Waals surface area contributed by atoms with Gasteiger partial charge in [0.25, 0.3) is 0 Å². The van der Waals surface area contributed by atoms with Crippen molar-refractivity contribution in [1.82, 2.24) is 4.98 Å². The topological polar surface area (TPSA) is 39.2 Å². The highest BCUT2D eigenvalue weighted by Crippen LogP contribution is 2.30. The maximum atomic E-state index is 11.2. The van der Waals surface area contributed by atoms with Gasteiger partial charge in [-0.2, -0.15) is 0 Å². The van der Waals surface area contributed by atoms with Crippen molar-refractivity contribution in [2.45, 2.75) is 33.6 Å². The Kier molecular flexibility index (Phi) is 4.44. The summed E-state index contributed by atoms with van der Waals surface area (Å²) in [6.07, 6.45) is 2.49. The van der Waals surface area contributed by atoms with Gasteiger partial charge < -0.3 is 4.74 Å². The molecule has 0 spiro atoms. The van der Waals surface area contributed by atoms with Crippen molar-refractivity contribution in [3.63, 3.8) is 0 Å². The SMILES string of the molecule is C=CCOc1c(C)c(C)nc(C(C)C)c1C=O. The molecule has 0 saturated carbocycles. The average Bonchev–Trinajstić information content (AvgIpc) is 2.30. The molecule has 0 aliphatic heterocycles. The lowest BCUT2D eigenvalue weighted by Gasteiger charge is -2.17. The zero-order valence-electron chi connectivity index (χ0n) is 10.9. The van der Waals surface area contributed by atoms with Crippen molar-refractivity contribution in [2.24, 2.45) is 0 Å². The Hall–Kier alpha value is -1.64. The first kappa shape index (κ1) is 13.4. The molecular formula is C14H19NO2. The highest BCUT2D eigenvalue weighted by Gasteiger charge is 2.18. The molecule has 1 aromatic rings. The third-order valence-corrected chi connectivity index (χ3v) is 2.70. The van der Waals surface area contributed by atoms with Crippen molar-refractivity contribution in [3.05, 3.63) is 35.2 Å². The Morgan fingerprint density at radius 2 is 2.06 bits per heavy atom. The molecule has 0 unspecified atom stereocenters. The smallest absolute Gasteiger partial charge is 0.155 e. The molecular weight excluding hydrogens is 214 g/mol. The van der Waals surface area contributed by atoms with E-state index >= 15 is 0 Å². The van der Waals surface area contributed by atoms with Gasteiger partial charge in [0.15, 0.2) is 6.29 Å². The largest absolute Gasteiger partial charge is 0.488 e. The fourth-order valence-electron chi connectivity index (χ4n) is 1.69. The van der Waals surface area contributed by atoms with E-state index in [1.54, 1.807) is 6.08 Å². The minimum absolute atomic E-state index is 0.195. The summed E-state index contributed by atoms with van der Waals surface area (Å²) in [5.41, 5.74) is 3.17. The number of nitrogens with zero attached hydrogens (tertiary/aromatic N) is 1. The third kappa shape index (κ3) is 2.73. The van der Waals surface area contributed by atoms with Crippen LogP contribution in [0.2, 0.25) is 0 Å². The van der Waals surface area contributed by atoms with E-state index in [-0.39, 0.29) is 5.92 Å². The van der Waals surface area contributed by atoms with Gasteiger partial charge in [0.1, 0.15) is 12.4 Å². The minimum atomic E-state index is 0.195. The lowest BCUT2D eigenvalue weighted by Crippen LogP contribution is -2.08. The summed E-state index contributed by atoms with van der Waals surface area (Å²) >= 11 is 0. The third-order valence-electron chi connectivity index (χ3n) is 2.70. The molecule has 0 N–H and O–H groups in total. The van der Waals surface area contributed by atoms with Crippen LogP contribution >= 0.6 is 0 Å². The van der Waals surface area contributed by atoms with Gasteiger partial charge in [-0.3, -0.25) is 9.78 Å². The summed E-state index contributed by atoms with van der Waals surface area (Å²) in [5, 5.41) is 0. The normalized spacial score (nSPS) is 10.4. The van der Waals surface area contributed by atoms with Gasteiger partial charge >= 0.3 is 0 Å². The van der Waals surface area contributed by atoms with Gasteiger partial charge in [-0.05, 0) is 19.8 Å². The molecule has 0 atom stereocenters. The first-order valence-corrected chi connectivity index (χ1v) is 5.72. The molecule has 1 rings (SSSR count). The van der Waals surface area contributed by atoms with Gasteiger partial charge in [-0.1, -0.05) is 26.5 Å². The van der Waals surface area contributed by atoms with Crippen molar-refractivity contribution in [2.75, 3.05) is 6.61 Å². The van der Waals surface area contributed by atoms with E-state index in [9.17, 15) is 4.79 Å². The molecule has 3 heteroatoms. The minimum Gasteiger partial charge on any atom is -0.488 e.